The third kappa shape index (κ3) is 3.39. The van der Waals surface area contributed by atoms with E-state index < -0.39 is 5.41 Å². The van der Waals surface area contributed by atoms with Gasteiger partial charge in [0.1, 0.15) is 0 Å². The van der Waals surface area contributed by atoms with Gasteiger partial charge in [0.25, 0.3) is 0 Å². The molecule has 3 amide bonds. The van der Waals surface area contributed by atoms with Gasteiger partial charge in [-0.2, -0.15) is 0 Å². The van der Waals surface area contributed by atoms with Crippen molar-refractivity contribution in [2.24, 2.45) is 0 Å². The zero-order valence-electron chi connectivity index (χ0n) is 16.5. The highest BCUT2D eigenvalue weighted by Crippen LogP contribution is 2.42. The predicted octanol–water partition coefficient (Wildman–Crippen LogP) is 4.52. The molecule has 0 atom stereocenters. The standard InChI is InChI=1S/C21H26N4O2S/c1-21(2)15-11-13(9-10-17(15)25(3)18(21)26)16-12-28-20(23-16)24-19(27)22-14-7-5-4-6-8-14/h9-12,14H,4-8H2,1-3H3,(H2,22,23,24,27). The lowest BCUT2D eigenvalue weighted by Crippen LogP contribution is -2.38. The van der Waals surface area contributed by atoms with Crippen LogP contribution in [0.3, 0.4) is 0 Å². The molecule has 0 radical (unpaired) electrons. The highest BCUT2D eigenvalue weighted by atomic mass is 32.1. The summed E-state index contributed by atoms with van der Waals surface area (Å²) in [4.78, 5) is 31.0. The number of rotatable bonds is 3. The second-order valence-corrected chi connectivity index (χ2v) is 9.05. The zero-order chi connectivity index (χ0) is 19.9. The molecular formula is C21H26N4O2S. The molecule has 0 saturated heterocycles. The summed E-state index contributed by atoms with van der Waals surface area (Å²) >= 11 is 1.41. The number of hydrogen-bond acceptors (Lipinski definition) is 4. The molecule has 7 heteroatoms. The molecular weight excluding hydrogens is 372 g/mol. The first-order chi connectivity index (χ1) is 13.4. The molecule has 148 valence electrons. The van der Waals surface area contributed by atoms with Crippen LogP contribution < -0.4 is 15.5 Å². The van der Waals surface area contributed by atoms with E-state index in [1.54, 1.807) is 4.90 Å². The molecule has 1 aliphatic heterocycles. The van der Waals surface area contributed by atoms with Crippen LogP contribution in [0.1, 0.15) is 51.5 Å². The molecule has 1 aliphatic carbocycles. The summed E-state index contributed by atoms with van der Waals surface area (Å²) < 4.78 is 0. The van der Waals surface area contributed by atoms with Crippen molar-refractivity contribution in [1.29, 1.82) is 0 Å². The highest BCUT2D eigenvalue weighted by molar-refractivity contribution is 7.14. The molecule has 0 bridgehead atoms. The Labute approximate surface area is 169 Å². The SMILES string of the molecule is CN1C(=O)C(C)(C)c2cc(-c3csc(NC(=O)NC4CCCCC4)n3)ccc21. The van der Waals surface area contributed by atoms with Gasteiger partial charge >= 0.3 is 6.03 Å². The van der Waals surface area contributed by atoms with Crippen LogP contribution in [0.5, 0.6) is 0 Å². The number of anilines is 2. The van der Waals surface area contributed by atoms with Gasteiger partial charge < -0.3 is 10.2 Å². The van der Waals surface area contributed by atoms with Gasteiger partial charge in [-0.25, -0.2) is 9.78 Å². The Hall–Kier alpha value is -2.41. The molecule has 0 spiro atoms. The topological polar surface area (TPSA) is 74.3 Å². The Bertz CT molecular complexity index is 915. The second kappa shape index (κ2) is 7.20. The number of nitrogens with zero attached hydrogens (tertiary/aromatic N) is 2. The van der Waals surface area contributed by atoms with Gasteiger partial charge in [-0.05, 0) is 44.4 Å². The van der Waals surface area contributed by atoms with E-state index in [-0.39, 0.29) is 18.0 Å². The fourth-order valence-electron chi connectivity index (χ4n) is 4.16. The highest BCUT2D eigenvalue weighted by Gasteiger charge is 2.42. The van der Waals surface area contributed by atoms with Crippen molar-refractivity contribution in [1.82, 2.24) is 10.3 Å². The van der Waals surface area contributed by atoms with Crippen molar-refractivity contribution in [2.45, 2.75) is 57.4 Å². The molecule has 1 fully saturated rings. The van der Waals surface area contributed by atoms with Crippen molar-refractivity contribution in [2.75, 3.05) is 17.3 Å². The maximum Gasteiger partial charge on any atom is 0.321 e. The number of aromatic nitrogens is 1. The van der Waals surface area contributed by atoms with E-state index in [1.165, 1.54) is 30.6 Å². The normalized spacial score (nSPS) is 18.8. The van der Waals surface area contributed by atoms with Gasteiger partial charge in [0.05, 0.1) is 11.1 Å². The smallest absolute Gasteiger partial charge is 0.321 e. The van der Waals surface area contributed by atoms with Crippen molar-refractivity contribution in [3.63, 3.8) is 0 Å². The van der Waals surface area contributed by atoms with E-state index in [2.05, 4.69) is 15.6 Å². The maximum absolute atomic E-state index is 12.5. The lowest BCUT2D eigenvalue weighted by Gasteiger charge is -2.22. The molecule has 2 aliphatic rings. The Balaban J connectivity index is 1.48. The van der Waals surface area contributed by atoms with Gasteiger partial charge in [-0.3, -0.25) is 10.1 Å². The minimum atomic E-state index is -0.545. The van der Waals surface area contributed by atoms with E-state index in [9.17, 15) is 9.59 Å². The van der Waals surface area contributed by atoms with Crippen molar-refractivity contribution < 1.29 is 9.59 Å². The average Bonchev–Trinajstić information content (AvgIpc) is 3.20. The average molecular weight is 399 g/mol. The first-order valence-corrected chi connectivity index (χ1v) is 10.7. The van der Waals surface area contributed by atoms with Gasteiger partial charge in [0, 0.05) is 29.7 Å². The van der Waals surface area contributed by atoms with Crippen molar-refractivity contribution in [3.8, 4) is 11.3 Å². The van der Waals surface area contributed by atoms with Crippen LogP contribution in [-0.4, -0.2) is 30.0 Å². The molecule has 1 saturated carbocycles. The Morgan fingerprint density at radius 3 is 2.75 bits per heavy atom. The second-order valence-electron chi connectivity index (χ2n) is 8.19. The number of fused-ring (bicyclic) bond motifs is 1. The van der Waals surface area contributed by atoms with Crippen LogP contribution in [0.4, 0.5) is 15.6 Å². The number of carbonyl (C=O) groups excluding carboxylic acids is 2. The summed E-state index contributed by atoms with van der Waals surface area (Å²) in [5, 5.41) is 8.42. The fraction of sp³-hybridized carbons (Fsp3) is 0.476. The van der Waals surface area contributed by atoms with Gasteiger partial charge in [0.15, 0.2) is 5.13 Å². The number of carbonyl (C=O) groups is 2. The number of benzene rings is 1. The number of hydrogen-bond donors (Lipinski definition) is 2. The monoisotopic (exact) mass is 398 g/mol. The lowest BCUT2D eigenvalue weighted by atomic mass is 9.85. The van der Waals surface area contributed by atoms with E-state index in [0.717, 1.165) is 35.3 Å². The van der Waals surface area contributed by atoms with E-state index >= 15 is 0 Å². The Morgan fingerprint density at radius 2 is 2.00 bits per heavy atom. The third-order valence-corrected chi connectivity index (χ3v) is 6.59. The molecule has 1 aromatic heterocycles. The quantitative estimate of drug-likeness (QED) is 0.798. The summed E-state index contributed by atoms with van der Waals surface area (Å²) in [6.45, 7) is 3.90. The number of nitrogens with one attached hydrogen (secondary N) is 2. The van der Waals surface area contributed by atoms with Crippen molar-refractivity contribution in [3.05, 3.63) is 29.1 Å². The summed E-state index contributed by atoms with van der Waals surface area (Å²) in [5.74, 6) is 0.0969. The zero-order valence-corrected chi connectivity index (χ0v) is 17.4. The minimum Gasteiger partial charge on any atom is -0.335 e. The van der Waals surface area contributed by atoms with E-state index in [4.69, 9.17) is 0 Å². The van der Waals surface area contributed by atoms with Gasteiger partial charge in [-0.15, -0.1) is 11.3 Å². The fourth-order valence-corrected chi connectivity index (χ4v) is 4.88. The molecule has 2 N–H and O–H groups in total. The third-order valence-electron chi connectivity index (χ3n) is 5.83. The van der Waals surface area contributed by atoms with Crippen LogP contribution >= 0.6 is 11.3 Å². The summed E-state index contributed by atoms with van der Waals surface area (Å²) in [5.41, 5.74) is 3.16. The number of amides is 3. The van der Waals surface area contributed by atoms with Crippen LogP contribution in [0.2, 0.25) is 0 Å². The van der Waals surface area contributed by atoms with Crippen LogP contribution in [0.25, 0.3) is 11.3 Å². The lowest BCUT2D eigenvalue weighted by molar-refractivity contribution is -0.121. The molecule has 0 unspecified atom stereocenters. The first-order valence-electron chi connectivity index (χ1n) is 9.82. The van der Waals surface area contributed by atoms with Gasteiger partial charge in [-0.1, -0.05) is 25.3 Å². The van der Waals surface area contributed by atoms with E-state index in [0.29, 0.717) is 5.13 Å². The molecule has 2 aromatic rings. The minimum absolute atomic E-state index is 0.0969. The summed E-state index contributed by atoms with van der Waals surface area (Å²) in [6.07, 6.45) is 5.72. The molecule has 6 nitrogen and oxygen atoms in total. The van der Waals surface area contributed by atoms with Crippen LogP contribution in [0.15, 0.2) is 23.6 Å². The molecule has 4 rings (SSSR count). The number of urea groups is 1. The van der Waals surface area contributed by atoms with E-state index in [1.807, 2.05) is 44.5 Å². The predicted molar refractivity (Wildman–Crippen MR) is 113 cm³/mol. The van der Waals surface area contributed by atoms with Crippen molar-refractivity contribution >= 4 is 34.1 Å². The molecule has 2 heterocycles. The molecule has 1 aromatic carbocycles. The number of thiazole rings is 1. The van der Waals surface area contributed by atoms with Crippen LogP contribution in [-0.2, 0) is 10.2 Å². The summed E-state index contributed by atoms with van der Waals surface area (Å²) in [6, 6.07) is 6.07. The largest absolute Gasteiger partial charge is 0.335 e. The summed E-state index contributed by atoms with van der Waals surface area (Å²) in [7, 11) is 1.81. The maximum atomic E-state index is 12.5. The number of likely N-dealkylation sites (N-methyl/N-ethyl adjacent to an activating group) is 1. The van der Waals surface area contributed by atoms with Crippen LogP contribution in [0, 0.1) is 0 Å². The first kappa shape index (κ1) is 18.9. The molecule has 28 heavy (non-hydrogen) atoms. The van der Waals surface area contributed by atoms with Gasteiger partial charge in [0.2, 0.25) is 5.91 Å². The Morgan fingerprint density at radius 1 is 1.25 bits per heavy atom. The Kier molecular flexibility index (Phi) is 4.87.